The van der Waals surface area contributed by atoms with Gasteiger partial charge in [-0.15, -0.1) is 17.9 Å². The van der Waals surface area contributed by atoms with Gasteiger partial charge < -0.3 is 15.3 Å². The Labute approximate surface area is 224 Å². The van der Waals surface area contributed by atoms with Gasteiger partial charge in [-0.1, -0.05) is 18.2 Å². The number of anilines is 2. The van der Waals surface area contributed by atoms with Gasteiger partial charge in [0.15, 0.2) is 11.5 Å². The Morgan fingerprint density at radius 2 is 2.00 bits per heavy atom. The van der Waals surface area contributed by atoms with Gasteiger partial charge in [0, 0.05) is 23.1 Å². The molecule has 5 aromatic rings. The molecule has 0 atom stereocenters. The van der Waals surface area contributed by atoms with Crippen LogP contribution in [0.1, 0.15) is 25.1 Å². The molecule has 0 aliphatic carbocycles. The predicted octanol–water partition coefficient (Wildman–Crippen LogP) is 4.45. The van der Waals surface area contributed by atoms with Crippen LogP contribution < -0.4 is 10.9 Å². The van der Waals surface area contributed by atoms with Gasteiger partial charge in [0.1, 0.15) is 11.0 Å². The van der Waals surface area contributed by atoms with E-state index < -0.39 is 5.60 Å². The first-order chi connectivity index (χ1) is 18.2. The number of pyridine rings is 1. The van der Waals surface area contributed by atoms with Gasteiger partial charge in [-0.05, 0) is 75.0 Å². The molecular formula is C28H31N7O2S. The van der Waals surface area contributed by atoms with E-state index in [1.165, 1.54) is 26.5 Å². The number of thiophene rings is 1. The molecule has 0 bridgehead atoms. The normalized spacial score (nSPS) is 12.1. The highest BCUT2D eigenvalue weighted by Gasteiger charge is 2.22. The Hall–Kier alpha value is -3.86. The summed E-state index contributed by atoms with van der Waals surface area (Å²) in [6.45, 7) is 8.40. The van der Waals surface area contributed by atoms with Crippen molar-refractivity contribution in [3.8, 4) is 5.82 Å². The zero-order valence-electron chi connectivity index (χ0n) is 22.0. The Kier molecular flexibility index (Phi) is 6.87. The second-order valence-electron chi connectivity index (χ2n) is 10.0. The minimum absolute atomic E-state index is 0.243. The molecule has 4 aromatic heterocycles. The van der Waals surface area contributed by atoms with Crippen LogP contribution in [-0.2, 0) is 18.6 Å². The lowest BCUT2D eigenvalue weighted by Gasteiger charge is -2.18. The van der Waals surface area contributed by atoms with Crippen molar-refractivity contribution >= 4 is 44.1 Å². The van der Waals surface area contributed by atoms with Crippen molar-refractivity contribution in [2.45, 2.75) is 32.4 Å². The average Bonchev–Trinajstić information content (AvgIpc) is 3.40. The lowest BCUT2D eigenvalue weighted by Crippen LogP contribution is -2.23. The maximum Gasteiger partial charge on any atom is 0.278 e. The van der Waals surface area contributed by atoms with E-state index >= 15 is 0 Å². The largest absolute Gasteiger partial charge is 0.384 e. The molecule has 0 aliphatic rings. The fourth-order valence-corrected chi connectivity index (χ4v) is 5.35. The van der Waals surface area contributed by atoms with Crippen LogP contribution in [0.15, 0.2) is 65.4 Å². The third-order valence-electron chi connectivity index (χ3n) is 6.30. The van der Waals surface area contributed by atoms with Crippen LogP contribution in [0.5, 0.6) is 0 Å². The highest BCUT2D eigenvalue weighted by atomic mass is 32.1. The second-order valence-corrected chi connectivity index (χ2v) is 10.9. The average molecular weight is 530 g/mol. The number of aromatic nitrogens is 5. The first-order valence-electron chi connectivity index (χ1n) is 12.4. The van der Waals surface area contributed by atoms with Crippen LogP contribution in [0, 0.1) is 0 Å². The summed E-state index contributed by atoms with van der Waals surface area (Å²) in [5, 5.41) is 17.6. The highest BCUT2D eigenvalue weighted by molar-refractivity contribution is 7.17. The number of nitrogens with zero attached hydrogens (tertiary/aromatic N) is 6. The lowest BCUT2D eigenvalue weighted by molar-refractivity contribution is 0.0738. The summed E-state index contributed by atoms with van der Waals surface area (Å²) in [4.78, 5) is 29.2. The van der Waals surface area contributed by atoms with Crippen LogP contribution in [0.25, 0.3) is 26.9 Å². The Morgan fingerprint density at radius 3 is 2.74 bits per heavy atom. The summed E-state index contributed by atoms with van der Waals surface area (Å²) < 4.78 is 4.35. The SMILES string of the molecule is C=CCn1c(=O)c2cnc(Nc3ccc4c(CCN(C)C)csc4c3)nc2n1-c1cccc(C(C)(C)O)n1. The summed E-state index contributed by atoms with van der Waals surface area (Å²) in [5.41, 5.74) is 1.72. The summed E-state index contributed by atoms with van der Waals surface area (Å²) >= 11 is 1.72. The molecule has 0 radical (unpaired) electrons. The smallest absolute Gasteiger partial charge is 0.278 e. The highest BCUT2D eigenvalue weighted by Crippen LogP contribution is 2.30. The van der Waals surface area contributed by atoms with Gasteiger partial charge in [-0.2, -0.15) is 4.98 Å². The van der Waals surface area contributed by atoms with Crippen LogP contribution in [0.3, 0.4) is 0 Å². The third kappa shape index (κ3) is 4.98. The number of allylic oxidation sites excluding steroid dienone is 1. The Morgan fingerprint density at radius 1 is 1.18 bits per heavy atom. The number of likely N-dealkylation sites (N-methyl/N-ethyl adjacent to an activating group) is 1. The maximum absolute atomic E-state index is 13.2. The zero-order chi connectivity index (χ0) is 27.0. The maximum atomic E-state index is 13.2. The molecule has 38 heavy (non-hydrogen) atoms. The third-order valence-corrected chi connectivity index (χ3v) is 7.29. The molecule has 0 fully saturated rings. The molecule has 1 aromatic carbocycles. The summed E-state index contributed by atoms with van der Waals surface area (Å²) in [6.07, 6.45) is 4.18. The van der Waals surface area contributed by atoms with Gasteiger partial charge in [0.2, 0.25) is 5.95 Å². The van der Waals surface area contributed by atoms with E-state index in [-0.39, 0.29) is 12.1 Å². The fourth-order valence-electron chi connectivity index (χ4n) is 4.32. The first kappa shape index (κ1) is 25.8. The van der Waals surface area contributed by atoms with Crippen molar-refractivity contribution in [2.24, 2.45) is 0 Å². The monoisotopic (exact) mass is 529 g/mol. The molecule has 10 heteroatoms. The number of rotatable bonds is 9. The first-order valence-corrected chi connectivity index (χ1v) is 13.3. The van der Waals surface area contributed by atoms with Gasteiger partial charge in [0.25, 0.3) is 5.56 Å². The number of nitrogens with one attached hydrogen (secondary N) is 1. The Bertz CT molecular complexity index is 1690. The number of hydrogen-bond donors (Lipinski definition) is 2. The molecule has 196 valence electrons. The van der Waals surface area contributed by atoms with Crippen molar-refractivity contribution in [1.29, 1.82) is 0 Å². The molecule has 0 saturated carbocycles. The van der Waals surface area contributed by atoms with Crippen LogP contribution in [-0.4, -0.2) is 55.0 Å². The quantitative estimate of drug-likeness (QED) is 0.272. The number of fused-ring (bicyclic) bond motifs is 2. The van der Waals surface area contributed by atoms with Crippen LogP contribution >= 0.6 is 11.3 Å². The van der Waals surface area contributed by atoms with Crippen LogP contribution in [0.4, 0.5) is 11.6 Å². The molecule has 5 rings (SSSR count). The van der Waals surface area contributed by atoms with Gasteiger partial charge in [0.05, 0.1) is 12.2 Å². The standard InChI is InChI=1S/C28H31N7O2S/c1-6-13-34-26(36)21-16-29-27(32-25(21)35(34)24-9-7-8-23(31-24)28(2,3)37)30-19-10-11-20-18(12-14-33(4)5)17-38-22(20)15-19/h6-11,15-17,37H,1,12-14H2,2-5H3,(H,29,30,32). The van der Waals surface area contributed by atoms with E-state index in [0.29, 0.717) is 28.5 Å². The molecule has 0 saturated heterocycles. The van der Waals surface area contributed by atoms with E-state index in [0.717, 1.165) is 18.7 Å². The van der Waals surface area contributed by atoms with E-state index in [4.69, 9.17) is 4.98 Å². The topological polar surface area (TPSA) is 101 Å². The molecular weight excluding hydrogens is 498 g/mol. The molecule has 0 aliphatic heterocycles. The van der Waals surface area contributed by atoms with Crippen molar-refractivity contribution in [3.05, 3.63) is 82.2 Å². The van der Waals surface area contributed by atoms with Crippen LogP contribution in [0.2, 0.25) is 0 Å². The summed E-state index contributed by atoms with van der Waals surface area (Å²) in [6, 6.07) is 11.6. The molecule has 4 heterocycles. The number of aliphatic hydroxyl groups is 1. The molecule has 9 nitrogen and oxygen atoms in total. The molecule has 2 N–H and O–H groups in total. The summed E-state index contributed by atoms with van der Waals surface area (Å²) in [5.74, 6) is 0.831. The number of benzene rings is 1. The van der Waals surface area contributed by atoms with Gasteiger partial charge in [-0.25, -0.2) is 19.3 Å². The van der Waals surface area contributed by atoms with E-state index in [1.54, 1.807) is 54.1 Å². The van der Waals surface area contributed by atoms with E-state index in [2.05, 4.69) is 58.4 Å². The minimum atomic E-state index is -1.14. The molecule has 0 amide bonds. The fraction of sp³-hybridized carbons (Fsp3) is 0.286. The van der Waals surface area contributed by atoms with Crippen molar-refractivity contribution in [1.82, 2.24) is 29.2 Å². The van der Waals surface area contributed by atoms with Crippen molar-refractivity contribution in [2.75, 3.05) is 26.0 Å². The Balaban J connectivity index is 1.55. The van der Waals surface area contributed by atoms with E-state index in [1.807, 2.05) is 6.07 Å². The van der Waals surface area contributed by atoms with E-state index in [9.17, 15) is 9.90 Å². The summed E-state index contributed by atoms with van der Waals surface area (Å²) in [7, 11) is 4.16. The lowest BCUT2D eigenvalue weighted by atomic mass is 10.1. The molecule has 0 unspecified atom stereocenters. The van der Waals surface area contributed by atoms with Crippen molar-refractivity contribution < 1.29 is 5.11 Å². The zero-order valence-corrected chi connectivity index (χ0v) is 22.8. The second kappa shape index (κ2) is 10.1. The molecule has 0 spiro atoms. The van der Waals surface area contributed by atoms with Crippen molar-refractivity contribution in [3.63, 3.8) is 0 Å². The predicted molar refractivity (Wildman–Crippen MR) is 154 cm³/mol. The minimum Gasteiger partial charge on any atom is -0.384 e. The van der Waals surface area contributed by atoms with Gasteiger partial charge >= 0.3 is 0 Å². The van der Waals surface area contributed by atoms with Gasteiger partial charge in [-0.3, -0.25) is 4.79 Å². The number of hydrogen-bond acceptors (Lipinski definition) is 8.